The summed E-state index contributed by atoms with van der Waals surface area (Å²) in [6.07, 6.45) is 4.67. The first-order valence-electron chi connectivity index (χ1n) is 9.54. The number of likely N-dealkylation sites (tertiary alicyclic amines) is 1. The van der Waals surface area contributed by atoms with Crippen LogP contribution in [0.4, 0.5) is 0 Å². The van der Waals surface area contributed by atoms with Crippen LogP contribution >= 0.6 is 0 Å². The lowest BCUT2D eigenvalue weighted by Crippen LogP contribution is -2.50. The number of hydrogen-bond acceptors (Lipinski definition) is 7. The molecule has 3 aliphatic heterocycles. The maximum atomic E-state index is 12.5. The molecule has 150 valence electrons. The van der Waals surface area contributed by atoms with Crippen molar-refractivity contribution in [2.24, 2.45) is 5.73 Å². The maximum Gasteiger partial charge on any atom is 0.310 e. The third-order valence-corrected chi connectivity index (χ3v) is 5.22. The summed E-state index contributed by atoms with van der Waals surface area (Å²) < 4.78 is 4.61. The molecule has 9 heteroatoms. The fourth-order valence-electron chi connectivity index (χ4n) is 3.76. The smallest absolute Gasteiger partial charge is 0.310 e. The van der Waals surface area contributed by atoms with Crippen LogP contribution < -0.4 is 11.1 Å². The van der Waals surface area contributed by atoms with E-state index in [1.54, 1.807) is 0 Å². The maximum absolute atomic E-state index is 12.5. The Bertz CT molecular complexity index is 617. The Morgan fingerprint density at radius 1 is 1.30 bits per heavy atom. The lowest BCUT2D eigenvalue weighted by Gasteiger charge is -2.29. The lowest BCUT2D eigenvalue weighted by molar-refractivity contribution is -0.155. The van der Waals surface area contributed by atoms with Crippen LogP contribution in [0.5, 0.6) is 0 Å². The molecule has 2 amide bonds. The molecule has 0 radical (unpaired) electrons. The van der Waals surface area contributed by atoms with E-state index in [2.05, 4.69) is 15.0 Å². The number of aliphatic hydroxyl groups is 1. The monoisotopic (exact) mass is 380 g/mol. The lowest BCUT2D eigenvalue weighted by atomic mass is 10.1. The minimum atomic E-state index is -1.35. The van der Waals surface area contributed by atoms with Gasteiger partial charge in [-0.1, -0.05) is 12.5 Å². The van der Waals surface area contributed by atoms with Crippen molar-refractivity contribution in [3.05, 3.63) is 11.6 Å². The summed E-state index contributed by atoms with van der Waals surface area (Å²) in [5, 5.41) is 12.2. The average molecular weight is 380 g/mol. The highest BCUT2D eigenvalue weighted by Crippen LogP contribution is 2.16. The highest BCUT2D eigenvalue weighted by Gasteiger charge is 2.35. The molecule has 3 aliphatic rings. The molecule has 2 fully saturated rings. The minimum absolute atomic E-state index is 0.0829. The largest absolute Gasteiger partial charge is 0.434 e. The molecular formula is C18H28N4O5. The van der Waals surface area contributed by atoms with Crippen molar-refractivity contribution in [3.63, 3.8) is 0 Å². The first kappa shape index (κ1) is 19.8. The van der Waals surface area contributed by atoms with E-state index in [4.69, 9.17) is 5.73 Å². The molecule has 0 aromatic rings. The molecule has 0 aromatic heterocycles. The number of nitrogens with two attached hydrogens (primary N) is 1. The van der Waals surface area contributed by atoms with Gasteiger partial charge < -0.3 is 25.8 Å². The number of nitrogens with one attached hydrogen (secondary N) is 1. The van der Waals surface area contributed by atoms with Crippen molar-refractivity contribution < 1.29 is 24.2 Å². The van der Waals surface area contributed by atoms with Crippen molar-refractivity contribution in [3.8, 4) is 0 Å². The minimum Gasteiger partial charge on any atom is -0.434 e. The number of esters is 1. The molecule has 0 spiro atoms. The Morgan fingerprint density at radius 2 is 2.04 bits per heavy atom. The van der Waals surface area contributed by atoms with E-state index in [0.29, 0.717) is 13.0 Å². The Morgan fingerprint density at radius 3 is 2.70 bits per heavy atom. The molecule has 3 atom stereocenters. The summed E-state index contributed by atoms with van der Waals surface area (Å²) >= 11 is 0. The van der Waals surface area contributed by atoms with Gasteiger partial charge in [-0.25, -0.2) is 0 Å². The number of aliphatic hydroxyl groups excluding tert-OH is 1. The van der Waals surface area contributed by atoms with Gasteiger partial charge >= 0.3 is 5.97 Å². The fraction of sp³-hybridized carbons (Fsp3) is 0.722. The quantitative estimate of drug-likeness (QED) is 0.400. The summed E-state index contributed by atoms with van der Waals surface area (Å²) in [5.41, 5.74) is 7.05. The van der Waals surface area contributed by atoms with Gasteiger partial charge in [0.2, 0.25) is 18.1 Å². The van der Waals surface area contributed by atoms with Gasteiger partial charge in [-0.2, -0.15) is 0 Å². The standard InChI is InChI=1S/C18H28N4O5/c19-13-5-4-12(9-21-6-2-1-3-7-21)10-22(17(13)25)11-15(23)20-14-8-16(24)27-18(14)26/h4,13-14,18,26H,1-3,5-11,19H2,(H,20,23). The zero-order valence-corrected chi connectivity index (χ0v) is 15.4. The van der Waals surface area contributed by atoms with Crippen LogP contribution in [0.2, 0.25) is 0 Å². The zero-order valence-electron chi connectivity index (χ0n) is 15.4. The van der Waals surface area contributed by atoms with Gasteiger partial charge in [0.1, 0.15) is 6.04 Å². The van der Waals surface area contributed by atoms with Crippen LogP contribution in [0, 0.1) is 0 Å². The molecule has 0 aromatic carbocycles. The van der Waals surface area contributed by atoms with E-state index in [0.717, 1.165) is 25.2 Å². The second-order valence-electron chi connectivity index (χ2n) is 7.49. The Kier molecular flexibility index (Phi) is 6.46. The number of amides is 2. The van der Waals surface area contributed by atoms with Crippen LogP contribution in [0.3, 0.4) is 0 Å². The molecule has 3 rings (SSSR count). The highest BCUT2D eigenvalue weighted by atomic mass is 16.6. The van der Waals surface area contributed by atoms with Crippen molar-refractivity contribution in [2.45, 2.75) is 50.5 Å². The number of piperidine rings is 1. The van der Waals surface area contributed by atoms with Crippen molar-refractivity contribution in [1.29, 1.82) is 0 Å². The normalized spacial score (nSPS) is 29.9. The van der Waals surface area contributed by atoms with Gasteiger partial charge in [0.25, 0.3) is 0 Å². The number of ether oxygens (including phenoxy) is 1. The summed E-state index contributed by atoms with van der Waals surface area (Å²) in [7, 11) is 0. The van der Waals surface area contributed by atoms with E-state index < -0.39 is 30.3 Å². The van der Waals surface area contributed by atoms with Crippen LogP contribution in [-0.4, -0.2) is 83.8 Å². The van der Waals surface area contributed by atoms with Crippen LogP contribution in [0.25, 0.3) is 0 Å². The molecule has 9 nitrogen and oxygen atoms in total. The molecule has 3 heterocycles. The molecule has 0 saturated carbocycles. The number of carbonyl (C=O) groups is 3. The summed E-state index contributed by atoms with van der Waals surface area (Å²) in [6.45, 7) is 3.07. The molecular weight excluding hydrogens is 352 g/mol. The van der Waals surface area contributed by atoms with E-state index in [1.165, 1.54) is 24.2 Å². The first-order chi connectivity index (χ1) is 12.9. The summed E-state index contributed by atoms with van der Waals surface area (Å²) in [4.78, 5) is 39.8. The van der Waals surface area contributed by atoms with Crippen LogP contribution in [0.1, 0.15) is 32.1 Å². The van der Waals surface area contributed by atoms with E-state index in [-0.39, 0.29) is 18.9 Å². The van der Waals surface area contributed by atoms with Gasteiger partial charge in [0, 0.05) is 13.1 Å². The van der Waals surface area contributed by atoms with Crippen molar-refractivity contribution >= 4 is 17.8 Å². The number of hydrogen-bond donors (Lipinski definition) is 3. The third kappa shape index (κ3) is 5.27. The van der Waals surface area contributed by atoms with Gasteiger partial charge in [-0.05, 0) is 37.9 Å². The molecule has 4 N–H and O–H groups in total. The zero-order chi connectivity index (χ0) is 19.4. The third-order valence-electron chi connectivity index (χ3n) is 5.22. The summed E-state index contributed by atoms with van der Waals surface area (Å²) in [6, 6.07) is -1.46. The van der Waals surface area contributed by atoms with Gasteiger partial charge in [0.05, 0.1) is 19.0 Å². The number of rotatable bonds is 5. The molecule has 0 bridgehead atoms. The second kappa shape index (κ2) is 8.81. The molecule has 2 saturated heterocycles. The van der Waals surface area contributed by atoms with E-state index in [1.807, 2.05) is 6.08 Å². The number of nitrogens with zero attached hydrogens (tertiary/aromatic N) is 2. The topological polar surface area (TPSA) is 125 Å². The molecule has 3 unspecified atom stereocenters. The van der Waals surface area contributed by atoms with E-state index in [9.17, 15) is 19.5 Å². The van der Waals surface area contributed by atoms with Gasteiger partial charge in [-0.15, -0.1) is 0 Å². The summed E-state index contributed by atoms with van der Waals surface area (Å²) in [5.74, 6) is -1.28. The van der Waals surface area contributed by atoms with Crippen molar-refractivity contribution in [2.75, 3.05) is 32.7 Å². The Labute approximate surface area is 158 Å². The number of cyclic esters (lactones) is 1. The van der Waals surface area contributed by atoms with Crippen LogP contribution in [-0.2, 0) is 19.1 Å². The Balaban J connectivity index is 1.58. The first-order valence-corrected chi connectivity index (χ1v) is 9.54. The van der Waals surface area contributed by atoms with E-state index >= 15 is 0 Å². The van der Waals surface area contributed by atoms with Crippen LogP contribution in [0.15, 0.2) is 11.6 Å². The second-order valence-corrected chi connectivity index (χ2v) is 7.49. The fourth-order valence-corrected chi connectivity index (χ4v) is 3.76. The average Bonchev–Trinajstić information content (AvgIpc) is 2.89. The van der Waals surface area contributed by atoms with Gasteiger partial charge in [-0.3, -0.25) is 19.3 Å². The van der Waals surface area contributed by atoms with Crippen molar-refractivity contribution in [1.82, 2.24) is 15.1 Å². The predicted octanol–water partition coefficient (Wildman–Crippen LogP) is -1.29. The Hall–Kier alpha value is -1.97. The number of carbonyl (C=O) groups excluding carboxylic acids is 3. The SMILES string of the molecule is NC1CC=C(CN2CCCCC2)CN(CC(=O)NC2CC(=O)OC2O)C1=O. The predicted molar refractivity (Wildman–Crippen MR) is 96.2 cm³/mol. The molecule has 0 aliphatic carbocycles. The molecule has 27 heavy (non-hydrogen) atoms. The highest BCUT2D eigenvalue weighted by molar-refractivity contribution is 5.88. The van der Waals surface area contributed by atoms with Gasteiger partial charge in [0.15, 0.2) is 0 Å².